The van der Waals surface area contributed by atoms with E-state index in [9.17, 15) is 4.79 Å². The summed E-state index contributed by atoms with van der Waals surface area (Å²) in [5.74, 6) is 2.08. The first kappa shape index (κ1) is 18.7. The minimum atomic E-state index is 0.353. The van der Waals surface area contributed by atoms with Gasteiger partial charge in [0, 0.05) is 6.42 Å². The fraction of sp³-hybridized carbons (Fsp3) is 0.950. The Morgan fingerprint density at radius 3 is 2.52 bits per heavy atom. The van der Waals surface area contributed by atoms with E-state index in [1.165, 1.54) is 44.9 Å². The van der Waals surface area contributed by atoms with Crippen molar-refractivity contribution in [2.45, 2.75) is 99.3 Å². The Balaban J connectivity index is 2.45. The molecule has 0 amide bonds. The molecule has 0 aliphatic heterocycles. The SMILES string of the molecule is CC(=O)CCC[C@@]1(C)CCCC1[C@H](C)CCCC(C)(C)C. The van der Waals surface area contributed by atoms with E-state index in [4.69, 9.17) is 0 Å². The maximum absolute atomic E-state index is 11.2. The molecule has 124 valence electrons. The minimum absolute atomic E-state index is 0.353. The molecule has 0 aromatic rings. The van der Waals surface area contributed by atoms with Gasteiger partial charge in [0.15, 0.2) is 0 Å². The molecule has 1 nitrogen and oxygen atoms in total. The lowest BCUT2D eigenvalue weighted by Crippen LogP contribution is -2.27. The maximum Gasteiger partial charge on any atom is 0.129 e. The third-order valence-electron chi connectivity index (χ3n) is 5.71. The molecule has 1 saturated carbocycles. The first-order chi connectivity index (χ1) is 9.64. The standard InChI is InChI=1S/C20H38O/c1-16(10-7-13-19(3,4)5)18-12-9-15-20(18,6)14-8-11-17(2)21/h16,18H,7-15H2,1-6H3/t16-,18?,20+/m1/s1. The number of hydrogen-bond donors (Lipinski definition) is 0. The smallest absolute Gasteiger partial charge is 0.129 e. The van der Waals surface area contributed by atoms with Crippen molar-refractivity contribution >= 4 is 5.78 Å². The average molecular weight is 295 g/mol. The van der Waals surface area contributed by atoms with Gasteiger partial charge in [0.05, 0.1) is 0 Å². The van der Waals surface area contributed by atoms with E-state index in [-0.39, 0.29) is 0 Å². The van der Waals surface area contributed by atoms with Gasteiger partial charge in [0.2, 0.25) is 0 Å². The predicted molar refractivity (Wildman–Crippen MR) is 92.5 cm³/mol. The summed E-state index contributed by atoms with van der Waals surface area (Å²) in [6.45, 7) is 13.7. The molecular weight excluding hydrogens is 256 g/mol. The third-order valence-corrected chi connectivity index (χ3v) is 5.71. The van der Waals surface area contributed by atoms with Crippen molar-refractivity contribution in [3.8, 4) is 0 Å². The normalized spacial score (nSPS) is 27.8. The van der Waals surface area contributed by atoms with Gasteiger partial charge in [-0.05, 0) is 61.7 Å². The highest BCUT2D eigenvalue weighted by atomic mass is 16.1. The second-order valence-electron chi connectivity index (χ2n) is 9.14. The van der Waals surface area contributed by atoms with Crippen molar-refractivity contribution in [3.63, 3.8) is 0 Å². The highest BCUT2D eigenvalue weighted by Crippen LogP contribution is 2.51. The van der Waals surface area contributed by atoms with Crippen LogP contribution in [0, 0.1) is 22.7 Å². The number of Topliss-reactive ketones (excluding diaryl/α,β-unsaturated/α-hetero) is 1. The van der Waals surface area contributed by atoms with Gasteiger partial charge in [-0.15, -0.1) is 0 Å². The van der Waals surface area contributed by atoms with Crippen molar-refractivity contribution in [1.29, 1.82) is 0 Å². The van der Waals surface area contributed by atoms with Crippen LogP contribution in [-0.4, -0.2) is 5.78 Å². The fourth-order valence-electron chi connectivity index (χ4n) is 4.44. The van der Waals surface area contributed by atoms with E-state index in [1.54, 1.807) is 6.92 Å². The lowest BCUT2D eigenvalue weighted by atomic mass is 9.69. The number of carbonyl (C=O) groups is 1. The van der Waals surface area contributed by atoms with E-state index < -0.39 is 0 Å². The summed E-state index contributed by atoms with van der Waals surface area (Å²) in [6.07, 6.45) is 11.4. The molecule has 1 rings (SSSR count). The minimum Gasteiger partial charge on any atom is -0.300 e. The van der Waals surface area contributed by atoms with Gasteiger partial charge in [0.25, 0.3) is 0 Å². The van der Waals surface area contributed by atoms with E-state index in [2.05, 4.69) is 34.6 Å². The van der Waals surface area contributed by atoms with E-state index in [0.717, 1.165) is 24.7 Å². The molecule has 0 aromatic heterocycles. The molecule has 1 unspecified atom stereocenters. The fourth-order valence-corrected chi connectivity index (χ4v) is 4.44. The molecule has 1 aliphatic rings. The monoisotopic (exact) mass is 294 g/mol. The van der Waals surface area contributed by atoms with Crippen LogP contribution in [0.5, 0.6) is 0 Å². The molecule has 0 aromatic carbocycles. The van der Waals surface area contributed by atoms with Crippen LogP contribution in [0.4, 0.5) is 0 Å². The van der Waals surface area contributed by atoms with Crippen LogP contribution in [0.3, 0.4) is 0 Å². The molecule has 0 N–H and O–H groups in total. The van der Waals surface area contributed by atoms with Crippen LogP contribution >= 0.6 is 0 Å². The molecular formula is C20H38O. The van der Waals surface area contributed by atoms with Gasteiger partial charge in [-0.3, -0.25) is 0 Å². The molecule has 0 saturated heterocycles. The zero-order chi connectivity index (χ0) is 16.1. The first-order valence-electron chi connectivity index (χ1n) is 9.13. The van der Waals surface area contributed by atoms with E-state index in [1.807, 2.05) is 0 Å². The van der Waals surface area contributed by atoms with Gasteiger partial charge < -0.3 is 4.79 Å². The van der Waals surface area contributed by atoms with E-state index in [0.29, 0.717) is 16.6 Å². The summed E-state index contributed by atoms with van der Waals surface area (Å²) in [7, 11) is 0. The highest BCUT2D eigenvalue weighted by molar-refractivity contribution is 5.75. The van der Waals surface area contributed by atoms with Crippen molar-refractivity contribution in [2.24, 2.45) is 22.7 Å². The lowest BCUT2D eigenvalue weighted by molar-refractivity contribution is -0.117. The molecule has 1 fully saturated rings. The van der Waals surface area contributed by atoms with Gasteiger partial charge in [-0.1, -0.05) is 53.9 Å². The molecule has 0 heterocycles. The Morgan fingerprint density at radius 1 is 1.29 bits per heavy atom. The topological polar surface area (TPSA) is 17.1 Å². The number of hydrogen-bond acceptors (Lipinski definition) is 1. The van der Waals surface area contributed by atoms with Crippen LogP contribution in [0.15, 0.2) is 0 Å². The first-order valence-corrected chi connectivity index (χ1v) is 9.13. The number of carbonyl (C=O) groups excluding carboxylic acids is 1. The molecule has 3 atom stereocenters. The Kier molecular flexibility index (Phi) is 6.94. The predicted octanol–water partition coefficient (Wildman–Crippen LogP) is 6.40. The number of rotatable bonds is 8. The second-order valence-corrected chi connectivity index (χ2v) is 9.14. The summed E-state index contributed by atoms with van der Waals surface area (Å²) in [5, 5.41) is 0. The summed E-state index contributed by atoms with van der Waals surface area (Å²) in [5.41, 5.74) is 0.969. The van der Waals surface area contributed by atoms with Crippen molar-refractivity contribution < 1.29 is 4.79 Å². The van der Waals surface area contributed by atoms with Crippen LogP contribution in [0.2, 0.25) is 0 Å². The molecule has 1 aliphatic carbocycles. The highest BCUT2D eigenvalue weighted by Gasteiger charge is 2.40. The van der Waals surface area contributed by atoms with Gasteiger partial charge >= 0.3 is 0 Å². The summed E-state index contributed by atoms with van der Waals surface area (Å²) in [6, 6.07) is 0. The third kappa shape index (κ3) is 6.53. The van der Waals surface area contributed by atoms with E-state index >= 15 is 0 Å². The zero-order valence-corrected chi connectivity index (χ0v) is 15.4. The summed E-state index contributed by atoms with van der Waals surface area (Å²) in [4.78, 5) is 11.2. The Labute approximate surface area is 133 Å². The van der Waals surface area contributed by atoms with Crippen molar-refractivity contribution in [3.05, 3.63) is 0 Å². The molecule has 1 heteroatoms. The van der Waals surface area contributed by atoms with Gasteiger partial charge in [0.1, 0.15) is 5.78 Å². The summed E-state index contributed by atoms with van der Waals surface area (Å²) < 4.78 is 0. The Morgan fingerprint density at radius 2 is 1.95 bits per heavy atom. The Hall–Kier alpha value is -0.330. The maximum atomic E-state index is 11.2. The van der Waals surface area contributed by atoms with Crippen LogP contribution < -0.4 is 0 Å². The number of ketones is 1. The van der Waals surface area contributed by atoms with Gasteiger partial charge in [-0.2, -0.15) is 0 Å². The van der Waals surface area contributed by atoms with Crippen molar-refractivity contribution in [1.82, 2.24) is 0 Å². The van der Waals surface area contributed by atoms with Crippen LogP contribution in [-0.2, 0) is 4.79 Å². The average Bonchev–Trinajstić information content (AvgIpc) is 2.69. The molecule has 0 spiro atoms. The summed E-state index contributed by atoms with van der Waals surface area (Å²) >= 11 is 0. The lowest BCUT2D eigenvalue weighted by Gasteiger charge is -2.36. The van der Waals surface area contributed by atoms with Crippen LogP contribution in [0.1, 0.15) is 99.3 Å². The quantitative estimate of drug-likeness (QED) is 0.506. The molecule has 21 heavy (non-hydrogen) atoms. The second kappa shape index (κ2) is 7.79. The zero-order valence-electron chi connectivity index (χ0n) is 15.4. The van der Waals surface area contributed by atoms with Gasteiger partial charge in [-0.25, -0.2) is 0 Å². The Bertz CT molecular complexity index is 325. The molecule has 0 radical (unpaired) electrons. The molecule has 0 bridgehead atoms. The van der Waals surface area contributed by atoms with Crippen LogP contribution in [0.25, 0.3) is 0 Å². The largest absolute Gasteiger partial charge is 0.300 e. The van der Waals surface area contributed by atoms with Crippen molar-refractivity contribution in [2.75, 3.05) is 0 Å².